The first-order chi connectivity index (χ1) is 10.1. The van der Waals surface area contributed by atoms with Crippen LogP contribution in [0.3, 0.4) is 0 Å². The Labute approximate surface area is 126 Å². The molecule has 2 heterocycles. The van der Waals surface area contributed by atoms with Crippen molar-refractivity contribution in [2.24, 2.45) is 0 Å². The number of carboxylic acids is 1. The standard InChI is InChI=1S/C16H16O4S/c1-10-14(9-21-15(10)16(17)18)11-2-4-12(5-3-11)20-13-6-7-19-8-13/h2-5,9,13H,6-8H2,1H3,(H,17,18). The maximum Gasteiger partial charge on any atom is 0.346 e. The number of thiophene rings is 1. The fourth-order valence-corrected chi connectivity index (χ4v) is 3.36. The first-order valence-corrected chi connectivity index (χ1v) is 7.69. The lowest BCUT2D eigenvalue weighted by atomic mass is 10.0. The number of ether oxygens (including phenoxy) is 2. The lowest BCUT2D eigenvalue weighted by molar-refractivity contribution is 0.0701. The molecule has 1 aliphatic rings. The van der Waals surface area contributed by atoms with Crippen LogP contribution < -0.4 is 4.74 Å². The van der Waals surface area contributed by atoms with E-state index in [2.05, 4.69) is 0 Å². The maximum atomic E-state index is 11.1. The minimum absolute atomic E-state index is 0.136. The average Bonchev–Trinajstić information content (AvgIpc) is 3.09. The second-order valence-electron chi connectivity index (χ2n) is 5.04. The summed E-state index contributed by atoms with van der Waals surface area (Å²) in [6, 6.07) is 7.77. The quantitative estimate of drug-likeness (QED) is 0.938. The second-order valence-corrected chi connectivity index (χ2v) is 5.92. The molecule has 1 aromatic carbocycles. The molecule has 1 aliphatic heterocycles. The highest BCUT2D eigenvalue weighted by Gasteiger charge is 2.18. The van der Waals surface area contributed by atoms with Crippen molar-refractivity contribution in [3.8, 4) is 16.9 Å². The van der Waals surface area contributed by atoms with Gasteiger partial charge in [-0.15, -0.1) is 11.3 Å². The van der Waals surface area contributed by atoms with Gasteiger partial charge in [0.25, 0.3) is 0 Å². The average molecular weight is 304 g/mol. The van der Waals surface area contributed by atoms with E-state index in [9.17, 15) is 4.79 Å². The van der Waals surface area contributed by atoms with E-state index in [4.69, 9.17) is 14.6 Å². The molecule has 1 fully saturated rings. The fourth-order valence-electron chi connectivity index (χ4n) is 2.42. The monoisotopic (exact) mass is 304 g/mol. The minimum Gasteiger partial charge on any atom is -0.488 e. The van der Waals surface area contributed by atoms with Crippen LogP contribution in [-0.2, 0) is 4.74 Å². The molecule has 2 aromatic rings. The molecule has 4 nitrogen and oxygen atoms in total. The summed E-state index contributed by atoms with van der Waals surface area (Å²) in [4.78, 5) is 11.5. The summed E-state index contributed by atoms with van der Waals surface area (Å²) in [7, 11) is 0. The number of hydrogen-bond acceptors (Lipinski definition) is 4. The zero-order valence-electron chi connectivity index (χ0n) is 11.7. The Balaban J connectivity index is 1.79. The van der Waals surface area contributed by atoms with Crippen LogP contribution in [-0.4, -0.2) is 30.4 Å². The molecule has 0 spiro atoms. The van der Waals surface area contributed by atoms with Crippen LogP contribution in [0.25, 0.3) is 11.1 Å². The van der Waals surface area contributed by atoms with Crippen molar-refractivity contribution >= 4 is 17.3 Å². The van der Waals surface area contributed by atoms with E-state index in [0.717, 1.165) is 35.5 Å². The van der Waals surface area contributed by atoms with E-state index in [1.54, 1.807) is 0 Å². The summed E-state index contributed by atoms with van der Waals surface area (Å²) in [5.41, 5.74) is 2.78. The summed E-state index contributed by atoms with van der Waals surface area (Å²) in [6.07, 6.45) is 1.06. The van der Waals surface area contributed by atoms with Gasteiger partial charge in [-0.25, -0.2) is 4.79 Å². The molecular weight excluding hydrogens is 288 g/mol. The molecule has 0 radical (unpaired) electrons. The largest absolute Gasteiger partial charge is 0.488 e. The van der Waals surface area contributed by atoms with Gasteiger partial charge >= 0.3 is 5.97 Å². The van der Waals surface area contributed by atoms with E-state index in [0.29, 0.717) is 11.5 Å². The van der Waals surface area contributed by atoms with Gasteiger partial charge in [-0.05, 0) is 41.1 Å². The summed E-state index contributed by atoms with van der Waals surface area (Å²) in [5, 5.41) is 11.0. The highest BCUT2D eigenvalue weighted by Crippen LogP contribution is 2.32. The zero-order chi connectivity index (χ0) is 14.8. The third-order valence-corrected chi connectivity index (χ3v) is 4.66. The van der Waals surface area contributed by atoms with E-state index in [1.165, 1.54) is 11.3 Å². The molecule has 1 unspecified atom stereocenters. The molecule has 21 heavy (non-hydrogen) atoms. The van der Waals surface area contributed by atoms with Gasteiger partial charge in [0, 0.05) is 6.42 Å². The maximum absolute atomic E-state index is 11.1. The Bertz CT molecular complexity index is 639. The smallest absolute Gasteiger partial charge is 0.346 e. The Morgan fingerprint density at radius 3 is 2.71 bits per heavy atom. The van der Waals surface area contributed by atoms with Gasteiger partial charge < -0.3 is 14.6 Å². The third kappa shape index (κ3) is 2.94. The Morgan fingerprint density at radius 1 is 1.38 bits per heavy atom. The van der Waals surface area contributed by atoms with Gasteiger partial charge in [0.2, 0.25) is 0 Å². The van der Waals surface area contributed by atoms with Crippen LogP contribution >= 0.6 is 11.3 Å². The van der Waals surface area contributed by atoms with Crippen LogP contribution in [0.2, 0.25) is 0 Å². The lowest BCUT2D eigenvalue weighted by Gasteiger charge is -2.12. The van der Waals surface area contributed by atoms with Gasteiger partial charge in [-0.1, -0.05) is 12.1 Å². The lowest BCUT2D eigenvalue weighted by Crippen LogP contribution is -2.15. The van der Waals surface area contributed by atoms with E-state index in [1.807, 2.05) is 36.6 Å². The summed E-state index contributed by atoms with van der Waals surface area (Å²) in [5.74, 6) is -0.0504. The van der Waals surface area contributed by atoms with Crippen LogP contribution in [0.1, 0.15) is 21.7 Å². The molecule has 0 saturated carbocycles. The number of hydrogen-bond donors (Lipinski definition) is 1. The van der Waals surface area contributed by atoms with Crippen LogP contribution in [0.4, 0.5) is 0 Å². The molecule has 1 saturated heterocycles. The number of rotatable bonds is 4. The van der Waals surface area contributed by atoms with Gasteiger partial charge in [-0.3, -0.25) is 0 Å². The summed E-state index contributed by atoms with van der Waals surface area (Å²) < 4.78 is 11.1. The summed E-state index contributed by atoms with van der Waals surface area (Å²) >= 11 is 1.26. The van der Waals surface area contributed by atoms with Crippen LogP contribution in [0.5, 0.6) is 5.75 Å². The van der Waals surface area contributed by atoms with Crippen molar-refractivity contribution in [1.29, 1.82) is 0 Å². The van der Waals surface area contributed by atoms with Gasteiger partial charge in [0.05, 0.1) is 13.2 Å². The minimum atomic E-state index is -0.870. The second kappa shape index (κ2) is 5.87. The van der Waals surface area contributed by atoms with Crippen LogP contribution in [0.15, 0.2) is 29.6 Å². The molecule has 1 N–H and O–H groups in total. The van der Waals surface area contributed by atoms with E-state index < -0.39 is 5.97 Å². The number of benzene rings is 1. The molecule has 1 atom stereocenters. The zero-order valence-corrected chi connectivity index (χ0v) is 12.5. The Kier molecular flexibility index (Phi) is 3.94. The van der Waals surface area contributed by atoms with Crippen molar-refractivity contribution < 1.29 is 19.4 Å². The van der Waals surface area contributed by atoms with Crippen molar-refractivity contribution in [2.75, 3.05) is 13.2 Å². The van der Waals surface area contributed by atoms with Crippen molar-refractivity contribution in [3.05, 3.63) is 40.1 Å². The Hall–Kier alpha value is -1.85. The van der Waals surface area contributed by atoms with Crippen molar-refractivity contribution in [1.82, 2.24) is 0 Å². The SMILES string of the molecule is Cc1c(-c2ccc(OC3CCOC3)cc2)csc1C(=O)O. The number of aromatic carboxylic acids is 1. The number of carboxylic acid groups (broad SMARTS) is 1. The van der Waals surface area contributed by atoms with Crippen molar-refractivity contribution in [2.45, 2.75) is 19.4 Å². The van der Waals surface area contributed by atoms with Crippen molar-refractivity contribution in [3.63, 3.8) is 0 Å². The third-order valence-electron chi connectivity index (χ3n) is 3.59. The molecule has 110 valence electrons. The predicted molar refractivity (Wildman–Crippen MR) is 81.3 cm³/mol. The molecule has 3 rings (SSSR count). The highest BCUT2D eigenvalue weighted by molar-refractivity contribution is 7.12. The molecule has 0 aliphatic carbocycles. The van der Waals surface area contributed by atoms with Gasteiger partial charge in [0.15, 0.2) is 0 Å². The molecule has 5 heteroatoms. The first kappa shape index (κ1) is 14.1. The molecular formula is C16H16O4S. The topological polar surface area (TPSA) is 55.8 Å². The fraction of sp³-hybridized carbons (Fsp3) is 0.312. The normalized spacial score (nSPS) is 17.9. The Morgan fingerprint density at radius 2 is 2.14 bits per heavy atom. The molecule has 0 bridgehead atoms. The van der Waals surface area contributed by atoms with E-state index in [-0.39, 0.29) is 6.10 Å². The first-order valence-electron chi connectivity index (χ1n) is 6.81. The van der Waals surface area contributed by atoms with Gasteiger partial charge in [0.1, 0.15) is 16.7 Å². The summed E-state index contributed by atoms with van der Waals surface area (Å²) in [6.45, 7) is 3.25. The predicted octanol–water partition coefficient (Wildman–Crippen LogP) is 3.59. The van der Waals surface area contributed by atoms with E-state index >= 15 is 0 Å². The molecule has 0 amide bonds. The molecule has 1 aromatic heterocycles. The van der Waals surface area contributed by atoms with Gasteiger partial charge in [-0.2, -0.15) is 0 Å². The highest BCUT2D eigenvalue weighted by atomic mass is 32.1. The van der Waals surface area contributed by atoms with Crippen LogP contribution in [0, 0.1) is 6.92 Å². The number of carbonyl (C=O) groups is 1.